The minimum Gasteiger partial charge on any atom is -0.470 e. The van der Waals surface area contributed by atoms with Gasteiger partial charge in [0.25, 0.3) is 6.02 Å². The summed E-state index contributed by atoms with van der Waals surface area (Å²) < 4.78 is 11.8. The number of benzene rings is 4. The van der Waals surface area contributed by atoms with Gasteiger partial charge in [0.2, 0.25) is 0 Å². The van der Waals surface area contributed by atoms with Crippen molar-refractivity contribution in [2.45, 2.75) is 156 Å². The van der Waals surface area contributed by atoms with Gasteiger partial charge in [-0.2, -0.15) is 0 Å². The molecule has 0 fully saturated rings. The topological polar surface area (TPSA) is 175 Å². The van der Waals surface area contributed by atoms with Crippen LogP contribution in [0.25, 0.3) is 0 Å². The minimum absolute atomic E-state index is 0. The third kappa shape index (κ3) is 25.6. The highest BCUT2D eigenvalue weighted by Gasteiger charge is 2.34. The average Bonchev–Trinajstić information content (AvgIpc) is 3.29. The molecule has 2 aliphatic heterocycles. The van der Waals surface area contributed by atoms with Gasteiger partial charge in [0.15, 0.2) is 11.1 Å². The van der Waals surface area contributed by atoms with Gasteiger partial charge in [0.1, 0.15) is 11.2 Å². The van der Waals surface area contributed by atoms with Crippen LogP contribution in [-0.4, -0.2) is 76.8 Å². The molecule has 2 amide bonds. The van der Waals surface area contributed by atoms with Gasteiger partial charge in [-0.05, 0) is 116 Å². The van der Waals surface area contributed by atoms with Crippen LogP contribution in [0.2, 0.25) is 0 Å². The van der Waals surface area contributed by atoms with Crippen molar-refractivity contribution in [1.29, 1.82) is 0 Å². The van der Waals surface area contributed by atoms with Crippen molar-refractivity contribution in [3.05, 3.63) is 144 Å². The van der Waals surface area contributed by atoms with Gasteiger partial charge in [-0.3, -0.25) is 9.98 Å². The van der Waals surface area contributed by atoms with Crippen molar-refractivity contribution >= 4 is 71.3 Å². The molecule has 0 aromatic heterocycles. The molecular weight excluding hydrogens is 1070 g/mol. The van der Waals surface area contributed by atoms with Crippen LogP contribution in [0.5, 0.6) is 0 Å². The van der Waals surface area contributed by atoms with Crippen LogP contribution >= 0.6 is 48.1 Å². The Kier molecular flexibility index (Phi) is 27.6. The van der Waals surface area contributed by atoms with E-state index in [9.17, 15) is 15.0 Å². The quantitative estimate of drug-likeness (QED) is 0.0489. The SMILES string of the molecule is CC(C)(C)CC1=NCCC(C)(c2ccccc2)O1.CC(C)(C)NC(=O)NCCC(C)(O)c1ccccc1.CC1(c2ccccc2)CCN=C(N)O1.CSC(=NCCC(C)(O)c1ccccc1)NC(C)(C)C.Cl.I. The van der Waals surface area contributed by atoms with Crippen molar-refractivity contribution in [3.8, 4) is 0 Å². The van der Waals surface area contributed by atoms with Gasteiger partial charge in [-0.1, -0.05) is 154 Å². The van der Waals surface area contributed by atoms with Crippen LogP contribution in [-0.2, 0) is 31.9 Å². The Morgan fingerprint density at radius 3 is 1.48 bits per heavy atom. The van der Waals surface area contributed by atoms with Gasteiger partial charge in [0.05, 0.1) is 11.2 Å². The number of nitrogens with two attached hydrogens (primary N) is 1. The zero-order chi connectivity index (χ0) is 53.0. The summed E-state index contributed by atoms with van der Waals surface area (Å²) in [6.07, 6.45) is 5.80. The second kappa shape index (κ2) is 30.3. The number of ether oxygens (including phenoxy) is 2. The van der Waals surface area contributed by atoms with Gasteiger partial charge in [-0.25, -0.2) is 9.79 Å². The summed E-state index contributed by atoms with van der Waals surface area (Å²) in [7, 11) is 0. The smallest absolute Gasteiger partial charge is 0.315 e. The van der Waals surface area contributed by atoms with Crippen molar-refractivity contribution in [1.82, 2.24) is 16.0 Å². The molecule has 0 radical (unpaired) electrons. The molecule has 0 saturated heterocycles. The molecule has 4 aromatic carbocycles. The largest absolute Gasteiger partial charge is 0.470 e. The van der Waals surface area contributed by atoms with Gasteiger partial charge < -0.3 is 41.4 Å². The van der Waals surface area contributed by atoms with Crippen LogP contribution in [0.4, 0.5) is 4.79 Å². The van der Waals surface area contributed by atoms with Gasteiger partial charge >= 0.3 is 6.03 Å². The highest BCUT2D eigenvalue weighted by Crippen LogP contribution is 2.35. The summed E-state index contributed by atoms with van der Waals surface area (Å²) in [4.78, 5) is 24.7. The van der Waals surface area contributed by atoms with Crippen LogP contribution in [0, 0.1) is 5.41 Å². The van der Waals surface area contributed by atoms with E-state index in [-0.39, 0.29) is 70.1 Å². The van der Waals surface area contributed by atoms with Crippen molar-refractivity contribution in [2.24, 2.45) is 26.1 Å². The number of aliphatic hydroxyl groups is 2. The molecule has 4 aromatic rings. The summed E-state index contributed by atoms with van der Waals surface area (Å²) >= 11 is 1.60. The summed E-state index contributed by atoms with van der Waals surface area (Å²) in [5.74, 6) is 0.903. The first-order chi connectivity index (χ1) is 33.0. The molecule has 73 heavy (non-hydrogen) atoms. The molecular formula is C58H89ClIN7O5S. The Bertz CT molecular complexity index is 2290. The summed E-state index contributed by atoms with van der Waals surface area (Å²) in [5.41, 5.74) is 7.42. The Balaban J connectivity index is 0.000000485. The highest BCUT2D eigenvalue weighted by molar-refractivity contribution is 14.0. The van der Waals surface area contributed by atoms with Crippen LogP contribution in [0.3, 0.4) is 0 Å². The van der Waals surface area contributed by atoms with Gasteiger partial charge in [-0.15, -0.1) is 36.4 Å². The maximum atomic E-state index is 11.6. The second-order valence-corrected chi connectivity index (χ2v) is 23.1. The highest BCUT2D eigenvalue weighted by atomic mass is 127. The summed E-state index contributed by atoms with van der Waals surface area (Å²) in [6, 6.07) is 39.9. The maximum Gasteiger partial charge on any atom is 0.315 e. The number of amidine groups is 2. The fourth-order valence-corrected chi connectivity index (χ4v) is 8.13. The Labute approximate surface area is 466 Å². The van der Waals surface area contributed by atoms with E-state index in [2.05, 4.69) is 116 Å². The summed E-state index contributed by atoms with van der Waals surface area (Å²) in [5, 5.41) is 30.7. The molecule has 2 heterocycles. The molecule has 7 N–H and O–H groups in total. The van der Waals surface area contributed by atoms with E-state index in [0.29, 0.717) is 32.0 Å². The number of thioether (sulfide) groups is 1. The molecule has 15 heteroatoms. The number of hydrogen-bond donors (Lipinski definition) is 6. The van der Waals surface area contributed by atoms with E-state index in [1.807, 2.05) is 126 Å². The first-order valence-corrected chi connectivity index (χ1v) is 26.1. The van der Waals surface area contributed by atoms with Crippen molar-refractivity contribution in [3.63, 3.8) is 0 Å². The molecule has 0 saturated carbocycles. The fourth-order valence-electron chi connectivity index (χ4n) is 7.50. The number of urea groups is 1. The van der Waals surface area contributed by atoms with E-state index < -0.39 is 11.2 Å². The van der Waals surface area contributed by atoms with E-state index in [1.165, 1.54) is 5.56 Å². The molecule has 406 valence electrons. The molecule has 4 unspecified atom stereocenters. The third-order valence-electron chi connectivity index (χ3n) is 11.6. The van der Waals surface area contributed by atoms with Crippen LogP contribution in [0.1, 0.15) is 144 Å². The number of rotatable bonds is 11. The molecule has 2 aliphatic rings. The Morgan fingerprint density at radius 2 is 1.07 bits per heavy atom. The fraction of sp³-hybridized carbons (Fsp3) is 0.517. The third-order valence-corrected chi connectivity index (χ3v) is 12.2. The lowest BCUT2D eigenvalue weighted by molar-refractivity contribution is 0.0464. The zero-order valence-electron chi connectivity index (χ0n) is 46.2. The first-order valence-electron chi connectivity index (χ1n) is 24.9. The van der Waals surface area contributed by atoms with Crippen molar-refractivity contribution in [2.75, 3.05) is 32.4 Å². The van der Waals surface area contributed by atoms with Crippen LogP contribution in [0.15, 0.2) is 136 Å². The number of carbonyl (C=O) groups is 1. The van der Waals surface area contributed by atoms with Crippen LogP contribution < -0.4 is 21.7 Å². The monoisotopic (exact) mass is 1160 g/mol. The first kappa shape index (κ1) is 66.7. The molecule has 6 rings (SSSR count). The molecule has 4 atom stereocenters. The average molecular weight is 1160 g/mol. The molecule has 0 spiro atoms. The Morgan fingerprint density at radius 1 is 0.658 bits per heavy atom. The number of amides is 2. The summed E-state index contributed by atoms with van der Waals surface area (Å²) in [6.45, 7) is 29.2. The predicted molar refractivity (Wildman–Crippen MR) is 321 cm³/mol. The molecule has 0 bridgehead atoms. The zero-order valence-corrected chi connectivity index (χ0v) is 50.1. The molecule has 12 nitrogen and oxygen atoms in total. The maximum absolute atomic E-state index is 11.6. The number of aliphatic imine (C=N–C) groups is 3. The van der Waals surface area contributed by atoms with E-state index in [1.54, 1.807) is 18.7 Å². The second-order valence-electron chi connectivity index (χ2n) is 22.3. The lowest BCUT2D eigenvalue weighted by Crippen LogP contribution is -2.47. The molecule has 0 aliphatic carbocycles. The standard InChI is InChI=1S/C16H26N2OS.C16H23NO.C15H24N2O2.C11H14N2O.ClH.HI/c1-15(2,3)18-14(20-5)17-12-11-16(4,19)13-9-7-6-8-10-13;1-15(2,3)12-14-17-11-10-16(4,18-14)13-8-6-5-7-9-13;1-14(2,3)17-13(18)16-11-10-15(4,19)12-8-6-5-7-9-12;1-11(7-8-13-10(12)14-11)9-5-3-2-4-6-9;;/h6-10,19H,11-12H2,1-5H3,(H,17,18);5-9H,10-12H2,1-4H3;5-9,19H,10-11H2,1-4H3,(H2,16,17,18);2-6H,7-8H2,1H3,(H2,12,13);2*1H. The van der Waals surface area contributed by atoms with Crippen molar-refractivity contribution < 1.29 is 24.5 Å². The normalized spacial score (nSPS) is 19.2. The van der Waals surface area contributed by atoms with Gasteiger partial charge in [0, 0.05) is 56.5 Å². The predicted octanol–water partition coefficient (Wildman–Crippen LogP) is 12.6. The number of nitrogens with one attached hydrogen (secondary N) is 3. The number of nitrogens with zero attached hydrogens (tertiary/aromatic N) is 3. The van der Waals surface area contributed by atoms with E-state index >= 15 is 0 Å². The van der Waals surface area contributed by atoms with E-state index in [4.69, 9.17) is 15.2 Å². The number of hydrogen-bond acceptors (Lipinski definition) is 10. The number of halogens is 2. The lowest BCUT2D eigenvalue weighted by Gasteiger charge is -2.36. The number of carbonyl (C=O) groups excluding carboxylic acids is 1. The lowest BCUT2D eigenvalue weighted by atomic mass is 9.89. The minimum atomic E-state index is -0.934. The Hall–Kier alpha value is -4.35. The van der Waals surface area contributed by atoms with E-state index in [0.717, 1.165) is 60.1 Å².